The number of ether oxygens (including phenoxy) is 1. The fourth-order valence-corrected chi connectivity index (χ4v) is 4.19. The summed E-state index contributed by atoms with van der Waals surface area (Å²) < 4.78 is 9.35. The second-order valence-corrected chi connectivity index (χ2v) is 7.96. The molecule has 7 heteroatoms. The molecule has 2 aromatic heterocycles. The van der Waals surface area contributed by atoms with Crippen molar-refractivity contribution in [3.05, 3.63) is 112 Å². The van der Waals surface area contributed by atoms with Gasteiger partial charge >= 0.3 is 0 Å². The maximum Gasteiger partial charge on any atom is 0.275 e. The number of fused-ring (bicyclic) bond motifs is 1. The molecular weight excluding hydrogens is 416 g/mol. The minimum Gasteiger partial charge on any atom is -0.484 e. The summed E-state index contributed by atoms with van der Waals surface area (Å²) in [4.78, 5) is 32.3. The van der Waals surface area contributed by atoms with Gasteiger partial charge in [-0.15, -0.1) is 0 Å². The number of carbonyl (C=O) groups is 1. The molecule has 5 rings (SSSR count). The van der Waals surface area contributed by atoms with Crippen LogP contribution in [0.25, 0.3) is 5.69 Å². The van der Waals surface area contributed by atoms with E-state index in [1.807, 2.05) is 77.5 Å². The molecule has 0 atom stereocenters. The monoisotopic (exact) mass is 440 g/mol. The molecule has 7 nitrogen and oxygen atoms in total. The average Bonchev–Trinajstić information content (AvgIpc) is 3.15. The van der Waals surface area contributed by atoms with Gasteiger partial charge in [0.05, 0.1) is 24.5 Å². The third-order valence-electron chi connectivity index (χ3n) is 5.84. The Morgan fingerprint density at radius 1 is 0.970 bits per heavy atom. The number of benzene rings is 2. The van der Waals surface area contributed by atoms with E-state index in [1.165, 1.54) is 0 Å². The lowest BCUT2D eigenvalue weighted by molar-refractivity contribution is -0.134. The van der Waals surface area contributed by atoms with Crippen molar-refractivity contribution < 1.29 is 9.53 Å². The van der Waals surface area contributed by atoms with Gasteiger partial charge in [-0.25, -0.2) is 4.68 Å². The van der Waals surface area contributed by atoms with Crippen LogP contribution in [0.4, 0.5) is 0 Å². The fraction of sp³-hybridized carbons (Fsp3) is 0.192. The fourth-order valence-electron chi connectivity index (χ4n) is 4.19. The topological polar surface area (TPSA) is 69.4 Å². The molecule has 0 unspecified atom stereocenters. The summed E-state index contributed by atoms with van der Waals surface area (Å²) in [5.41, 5.74) is 3.36. The summed E-state index contributed by atoms with van der Waals surface area (Å²) in [6, 6.07) is 22.8. The molecule has 0 saturated carbocycles. The van der Waals surface area contributed by atoms with Crippen LogP contribution in [0.2, 0.25) is 0 Å². The maximum absolute atomic E-state index is 13.4. The zero-order chi connectivity index (χ0) is 22.6. The van der Waals surface area contributed by atoms with E-state index in [2.05, 4.69) is 4.98 Å². The number of hydrogen-bond acceptors (Lipinski definition) is 4. The number of pyridine rings is 1. The molecule has 3 heterocycles. The normalized spacial score (nSPS) is 12.9. The van der Waals surface area contributed by atoms with Crippen LogP contribution in [0.15, 0.2) is 90.0 Å². The second kappa shape index (κ2) is 9.16. The number of nitrogens with zero attached hydrogens (tertiary/aromatic N) is 4. The van der Waals surface area contributed by atoms with E-state index in [4.69, 9.17) is 4.74 Å². The zero-order valence-corrected chi connectivity index (χ0v) is 18.1. The predicted octanol–water partition coefficient (Wildman–Crippen LogP) is 3.05. The van der Waals surface area contributed by atoms with E-state index in [0.717, 1.165) is 22.5 Å². The van der Waals surface area contributed by atoms with Gasteiger partial charge in [0.1, 0.15) is 5.75 Å². The van der Waals surface area contributed by atoms with Crippen molar-refractivity contribution in [2.24, 2.45) is 0 Å². The molecule has 0 bridgehead atoms. The third-order valence-corrected chi connectivity index (χ3v) is 5.84. The molecule has 1 aliphatic rings. The highest BCUT2D eigenvalue weighted by Crippen LogP contribution is 2.21. The average molecular weight is 441 g/mol. The molecule has 0 saturated heterocycles. The van der Waals surface area contributed by atoms with Crippen molar-refractivity contribution in [2.75, 3.05) is 13.2 Å². The highest BCUT2D eigenvalue weighted by molar-refractivity contribution is 5.78. The van der Waals surface area contributed by atoms with E-state index in [-0.39, 0.29) is 18.1 Å². The van der Waals surface area contributed by atoms with Crippen LogP contribution in [0, 0.1) is 0 Å². The first-order valence-corrected chi connectivity index (χ1v) is 10.9. The van der Waals surface area contributed by atoms with Gasteiger partial charge in [0.25, 0.3) is 11.5 Å². The number of hydrogen-bond donors (Lipinski definition) is 0. The minimum absolute atomic E-state index is 0.0345. The smallest absolute Gasteiger partial charge is 0.275 e. The number of amides is 1. The number of carbonyl (C=O) groups excluding carboxylic acids is 1. The molecule has 1 aliphatic heterocycles. The Hall–Kier alpha value is -4.13. The molecule has 33 heavy (non-hydrogen) atoms. The SMILES string of the molecule is O=C(COc1ccccc1)N1CCc2c(n(Cc3cccnc3)n(-c3ccccc3)c2=O)C1. The number of aromatic nitrogens is 3. The maximum atomic E-state index is 13.4. The van der Waals surface area contributed by atoms with Crippen LogP contribution in [0.5, 0.6) is 5.75 Å². The summed E-state index contributed by atoms with van der Waals surface area (Å²) >= 11 is 0. The van der Waals surface area contributed by atoms with Crippen molar-refractivity contribution >= 4 is 5.91 Å². The number of rotatable bonds is 6. The van der Waals surface area contributed by atoms with Crippen LogP contribution < -0.4 is 10.3 Å². The van der Waals surface area contributed by atoms with Crippen molar-refractivity contribution in [3.63, 3.8) is 0 Å². The molecule has 166 valence electrons. The third kappa shape index (κ3) is 4.30. The van der Waals surface area contributed by atoms with Crippen molar-refractivity contribution in [3.8, 4) is 11.4 Å². The van der Waals surface area contributed by atoms with Gasteiger partial charge in [-0.2, -0.15) is 0 Å². The Balaban J connectivity index is 1.46. The minimum atomic E-state index is -0.0997. The van der Waals surface area contributed by atoms with Crippen molar-refractivity contribution in [1.82, 2.24) is 19.2 Å². The largest absolute Gasteiger partial charge is 0.484 e. The molecule has 1 amide bonds. The molecule has 0 spiro atoms. The van der Waals surface area contributed by atoms with E-state index >= 15 is 0 Å². The number of para-hydroxylation sites is 2. The van der Waals surface area contributed by atoms with E-state index in [0.29, 0.717) is 31.8 Å². The molecule has 0 fully saturated rings. The van der Waals surface area contributed by atoms with Gasteiger partial charge < -0.3 is 9.64 Å². The van der Waals surface area contributed by atoms with Crippen LogP contribution in [0.1, 0.15) is 16.8 Å². The highest BCUT2D eigenvalue weighted by Gasteiger charge is 2.29. The second-order valence-electron chi connectivity index (χ2n) is 7.96. The molecule has 0 N–H and O–H groups in total. The van der Waals surface area contributed by atoms with Crippen LogP contribution in [0.3, 0.4) is 0 Å². The summed E-state index contributed by atoms with van der Waals surface area (Å²) in [7, 11) is 0. The summed E-state index contributed by atoms with van der Waals surface area (Å²) in [5, 5.41) is 0. The van der Waals surface area contributed by atoms with Crippen LogP contribution in [-0.4, -0.2) is 38.3 Å². The van der Waals surface area contributed by atoms with Gasteiger partial charge in [-0.05, 0) is 42.3 Å². The lowest BCUT2D eigenvalue weighted by Crippen LogP contribution is -2.40. The van der Waals surface area contributed by atoms with Gasteiger partial charge in [0.2, 0.25) is 0 Å². The molecule has 0 aliphatic carbocycles. The van der Waals surface area contributed by atoms with Gasteiger partial charge in [0, 0.05) is 24.5 Å². The van der Waals surface area contributed by atoms with Crippen molar-refractivity contribution in [1.29, 1.82) is 0 Å². The summed E-state index contributed by atoms with van der Waals surface area (Å²) in [6.45, 7) is 1.30. The van der Waals surface area contributed by atoms with E-state index in [9.17, 15) is 9.59 Å². The predicted molar refractivity (Wildman–Crippen MR) is 124 cm³/mol. The molecule has 2 aromatic carbocycles. The first kappa shape index (κ1) is 20.8. The van der Waals surface area contributed by atoms with Gasteiger partial charge in [-0.3, -0.25) is 19.3 Å². The Labute approximate surface area is 191 Å². The van der Waals surface area contributed by atoms with E-state index < -0.39 is 0 Å². The lowest BCUT2D eigenvalue weighted by Gasteiger charge is -2.28. The Bertz CT molecular complexity index is 1300. The van der Waals surface area contributed by atoms with Gasteiger partial charge in [-0.1, -0.05) is 42.5 Å². The van der Waals surface area contributed by atoms with Crippen molar-refractivity contribution in [2.45, 2.75) is 19.5 Å². The van der Waals surface area contributed by atoms with Crippen LogP contribution >= 0.6 is 0 Å². The lowest BCUT2D eigenvalue weighted by atomic mass is 10.1. The van der Waals surface area contributed by atoms with Gasteiger partial charge in [0.15, 0.2) is 6.61 Å². The standard InChI is InChI=1S/C26H24N4O3/c31-25(19-33-22-11-5-2-6-12-22)28-15-13-23-24(18-28)29(17-20-8-7-14-27-16-20)30(26(23)32)21-9-3-1-4-10-21/h1-12,14,16H,13,15,17-19H2. The quantitative estimate of drug-likeness (QED) is 0.462. The van der Waals surface area contributed by atoms with Crippen LogP contribution in [-0.2, 0) is 24.3 Å². The molecule has 0 radical (unpaired) electrons. The zero-order valence-electron chi connectivity index (χ0n) is 18.1. The molecular formula is C26H24N4O3. The summed E-state index contributed by atoms with van der Waals surface area (Å²) in [6.07, 6.45) is 4.04. The Kier molecular flexibility index (Phi) is 5.76. The first-order chi connectivity index (χ1) is 16.2. The molecule has 4 aromatic rings. The Morgan fingerprint density at radius 3 is 2.45 bits per heavy atom. The Morgan fingerprint density at radius 2 is 1.73 bits per heavy atom. The van der Waals surface area contributed by atoms with E-state index in [1.54, 1.807) is 22.0 Å². The highest BCUT2D eigenvalue weighted by atomic mass is 16.5. The summed E-state index contributed by atoms with van der Waals surface area (Å²) in [5.74, 6) is 0.560. The first-order valence-electron chi connectivity index (χ1n) is 10.9.